The Bertz CT molecular complexity index is 1010. The second kappa shape index (κ2) is 8.62. The quantitative estimate of drug-likeness (QED) is 0.466. The first-order valence-electron chi connectivity index (χ1n) is 8.90. The normalized spacial score (nSPS) is 11.2. The molecule has 3 N–H and O–H groups in total. The molecule has 10 heteroatoms. The molecule has 1 aromatic carbocycles. The fourth-order valence-electron chi connectivity index (χ4n) is 2.77. The van der Waals surface area contributed by atoms with Crippen LogP contribution in [0, 0.1) is 18.6 Å². The molecule has 162 valence electrons. The van der Waals surface area contributed by atoms with Crippen LogP contribution in [0.2, 0.25) is 0 Å². The predicted octanol–water partition coefficient (Wildman–Crippen LogP) is 1.94. The Hall–Kier alpha value is -3.27. The van der Waals surface area contributed by atoms with Crippen molar-refractivity contribution in [3.63, 3.8) is 0 Å². The molecular formula is C20H23F2N3O5. The molecule has 8 nitrogen and oxygen atoms in total. The highest BCUT2D eigenvalue weighted by Crippen LogP contribution is 2.31. The van der Waals surface area contributed by atoms with Crippen LogP contribution in [0.4, 0.5) is 14.5 Å². The molecule has 1 aromatic heterocycles. The summed E-state index contributed by atoms with van der Waals surface area (Å²) in [5, 5.41) is 14.1. The van der Waals surface area contributed by atoms with Gasteiger partial charge in [0, 0.05) is 24.5 Å². The highest BCUT2D eigenvalue weighted by molar-refractivity contribution is 6.43. The standard InChI is InChI=1S/C20H23F2N3O5/c1-10-14(18(28)23-11-6-7-12(21)13(22)8-11)17(30-5)15(25(10)4)16(27)19(29)24-20(2,3)9-26/h6-8,26H,9H2,1-5H3,(H,23,28)(H,24,29). The Kier molecular flexibility index (Phi) is 6.61. The molecule has 2 amide bonds. The van der Waals surface area contributed by atoms with Gasteiger partial charge in [-0.3, -0.25) is 14.4 Å². The minimum Gasteiger partial charge on any atom is -0.493 e. The number of carbonyl (C=O) groups excluding carboxylic acids is 3. The number of halogens is 2. The molecule has 0 aliphatic carbocycles. The van der Waals surface area contributed by atoms with Crippen molar-refractivity contribution in [1.82, 2.24) is 9.88 Å². The highest BCUT2D eigenvalue weighted by Gasteiger charge is 2.33. The topological polar surface area (TPSA) is 110 Å². The van der Waals surface area contributed by atoms with E-state index in [4.69, 9.17) is 4.74 Å². The number of ketones is 1. The number of carbonyl (C=O) groups is 3. The number of rotatable bonds is 7. The van der Waals surface area contributed by atoms with Gasteiger partial charge in [-0.05, 0) is 32.9 Å². The third kappa shape index (κ3) is 4.48. The Labute approximate surface area is 171 Å². The number of ether oxygens (including phenoxy) is 1. The van der Waals surface area contributed by atoms with E-state index in [9.17, 15) is 28.3 Å². The van der Waals surface area contributed by atoms with Crippen LogP contribution in [0.3, 0.4) is 0 Å². The summed E-state index contributed by atoms with van der Waals surface area (Å²) in [5.74, 6) is -5.03. The monoisotopic (exact) mass is 423 g/mol. The molecule has 1 heterocycles. The maximum Gasteiger partial charge on any atom is 0.294 e. The Balaban J connectivity index is 2.43. The number of benzene rings is 1. The molecule has 0 bridgehead atoms. The molecular weight excluding hydrogens is 400 g/mol. The second-order valence-corrected chi connectivity index (χ2v) is 7.31. The van der Waals surface area contributed by atoms with Gasteiger partial charge in [-0.2, -0.15) is 0 Å². The summed E-state index contributed by atoms with van der Waals surface area (Å²) in [6.07, 6.45) is 0. The van der Waals surface area contributed by atoms with E-state index in [1.54, 1.807) is 0 Å². The maximum absolute atomic E-state index is 13.4. The average Bonchev–Trinajstić information content (AvgIpc) is 2.94. The molecule has 0 saturated carbocycles. The van der Waals surface area contributed by atoms with Gasteiger partial charge in [-0.1, -0.05) is 0 Å². The Morgan fingerprint density at radius 2 is 1.83 bits per heavy atom. The van der Waals surface area contributed by atoms with E-state index < -0.39 is 41.4 Å². The lowest BCUT2D eigenvalue weighted by molar-refractivity contribution is -0.119. The predicted molar refractivity (Wildman–Crippen MR) is 105 cm³/mol. The van der Waals surface area contributed by atoms with Crippen molar-refractivity contribution in [1.29, 1.82) is 0 Å². The molecule has 0 unspecified atom stereocenters. The number of methoxy groups -OCH3 is 1. The molecule has 0 aliphatic heterocycles. The van der Waals surface area contributed by atoms with Crippen LogP contribution in [0.5, 0.6) is 5.75 Å². The number of aromatic nitrogens is 1. The van der Waals surface area contributed by atoms with Gasteiger partial charge in [0.1, 0.15) is 11.3 Å². The van der Waals surface area contributed by atoms with Crippen LogP contribution in [-0.2, 0) is 11.8 Å². The average molecular weight is 423 g/mol. The number of aliphatic hydroxyl groups excluding tert-OH is 1. The molecule has 0 aliphatic rings. The van der Waals surface area contributed by atoms with E-state index in [0.717, 1.165) is 12.1 Å². The van der Waals surface area contributed by atoms with Crippen LogP contribution >= 0.6 is 0 Å². The zero-order valence-electron chi connectivity index (χ0n) is 17.2. The van der Waals surface area contributed by atoms with E-state index in [2.05, 4.69) is 10.6 Å². The van der Waals surface area contributed by atoms with E-state index in [-0.39, 0.29) is 22.7 Å². The van der Waals surface area contributed by atoms with Crippen molar-refractivity contribution in [3.8, 4) is 5.75 Å². The number of hydrogen-bond donors (Lipinski definition) is 3. The van der Waals surface area contributed by atoms with Crippen LogP contribution in [-0.4, -0.2) is 46.5 Å². The van der Waals surface area contributed by atoms with Gasteiger partial charge < -0.3 is 25.0 Å². The van der Waals surface area contributed by atoms with E-state index in [1.807, 2.05) is 0 Å². The van der Waals surface area contributed by atoms with Gasteiger partial charge >= 0.3 is 0 Å². The van der Waals surface area contributed by atoms with Gasteiger partial charge in [0.15, 0.2) is 17.4 Å². The number of Topliss-reactive ketones (excluding diaryl/α,β-unsaturated/α-hetero) is 1. The van der Waals surface area contributed by atoms with Gasteiger partial charge in [-0.25, -0.2) is 8.78 Å². The highest BCUT2D eigenvalue weighted by atomic mass is 19.2. The summed E-state index contributed by atoms with van der Waals surface area (Å²) < 4.78 is 33.1. The van der Waals surface area contributed by atoms with Gasteiger partial charge in [-0.15, -0.1) is 0 Å². The third-order valence-corrected chi connectivity index (χ3v) is 4.52. The number of anilines is 1. The summed E-state index contributed by atoms with van der Waals surface area (Å²) >= 11 is 0. The van der Waals surface area contributed by atoms with Crippen LogP contribution in [0.25, 0.3) is 0 Å². The first-order valence-corrected chi connectivity index (χ1v) is 8.90. The maximum atomic E-state index is 13.4. The Morgan fingerprint density at radius 3 is 2.37 bits per heavy atom. The first kappa shape index (κ1) is 23.0. The molecule has 0 saturated heterocycles. The summed E-state index contributed by atoms with van der Waals surface area (Å²) in [6.45, 7) is 4.21. The fraction of sp³-hybridized carbons (Fsp3) is 0.350. The largest absolute Gasteiger partial charge is 0.493 e. The lowest BCUT2D eigenvalue weighted by Crippen LogP contribution is -2.49. The van der Waals surface area contributed by atoms with Crippen molar-refractivity contribution in [2.24, 2.45) is 7.05 Å². The molecule has 0 fully saturated rings. The van der Waals surface area contributed by atoms with Crippen LogP contribution < -0.4 is 15.4 Å². The smallest absolute Gasteiger partial charge is 0.294 e. The first-order chi connectivity index (χ1) is 13.9. The molecule has 30 heavy (non-hydrogen) atoms. The third-order valence-electron chi connectivity index (χ3n) is 4.52. The molecule has 2 rings (SSSR count). The van der Waals surface area contributed by atoms with Crippen LogP contribution in [0.1, 0.15) is 40.4 Å². The lowest BCUT2D eigenvalue weighted by Gasteiger charge is -2.23. The number of nitrogens with one attached hydrogen (secondary N) is 2. The zero-order valence-corrected chi connectivity index (χ0v) is 17.2. The van der Waals surface area contributed by atoms with Gasteiger partial charge in [0.2, 0.25) is 0 Å². The van der Waals surface area contributed by atoms with Crippen molar-refractivity contribution < 1.29 is 33.0 Å². The number of amides is 2. The number of aliphatic hydroxyl groups is 1. The number of nitrogens with zero attached hydrogens (tertiary/aromatic N) is 1. The van der Waals surface area contributed by atoms with E-state index in [0.29, 0.717) is 5.69 Å². The summed E-state index contributed by atoms with van der Waals surface area (Å²) in [7, 11) is 2.71. The minimum atomic E-state index is -1.14. The molecule has 0 atom stereocenters. The van der Waals surface area contributed by atoms with Crippen molar-refractivity contribution in [2.45, 2.75) is 26.3 Å². The second-order valence-electron chi connectivity index (χ2n) is 7.31. The van der Waals surface area contributed by atoms with Crippen LogP contribution in [0.15, 0.2) is 18.2 Å². The number of hydrogen-bond acceptors (Lipinski definition) is 5. The SMILES string of the molecule is COc1c(C(=O)Nc2ccc(F)c(F)c2)c(C)n(C)c1C(=O)C(=O)NC(C)(C)CO. The van der Waals surface area contributed by atoms with Crippen molar-refractivity contribution in [2.75, 3.05) is 19.0 Å². The summed E-state index contributed by atoms with van der Waals surface area (Å²) in [4.78, 5) is 37.9. The molecule has 2 aromatic rings. The van der Waals surface area contributed by atoms with E-state index >= 15 is 0 Å². The fourth-order valence-corrected chi connectivity index (χ4v) is 2.77. The van der Waals surface area contributed by atoms with Gasteiger partial charge in [0.25, 0.3) is 17.6 Å². The summed E-state index contributed by atoms with van der Waals surface area (Å²) in [5.41, 5.74) is -0.935. The van der Waals surface area contributed by atoms with Crippen molar-refractivity contribution >= 4 is 23.3 Å². The van der Waals surface area contributed by atoms with E-state index in [1.165, 1.54) is 45.6 Å². The Morgan fingerprint density at radius 1 is 1.20 bits per heavy atom. The van der Waals surface area contributed by atoms with Crippen molar-refractivity contribution in [3.05, 3.63) is 46.8 Å². The molecule has 0 spiro atoms. The summed E-state index contributed by atoms with van der Waals surface area (Å²) in [6, 6.07) is 2.86. The molecule has 0 radical (unpaired) electrons. The minimum absolute atomic E-state index is 0.000443. The zero-order chi connectivity index (χ0) is 22.8. The lowest BCUT2D eigenvalue weighted by atomic mass is 10.1. The van der Waals surface area contributed by atoms with Gasteiger partial charge in [0.05, 0.1) is 19.3 Å².